The summed E-state index contributed by atoms with van der Waals surface area (Å²) in [4.78, 5) is 26.7. The molecule has 1 fully saturated rings. The molecule has 0 atom stereocenters. The van der Waals surface area contributed by atoms with E-state index < -0.39 is 5.97 Å². The molecule has 0 spiro atoms. The van der Waals surface area contributed by atoms with Crippen molar-refractivity contribution < 1.29 is 24.2 Å². The Kier molecular flexibility index (Phi) is 10.9. The lowest BCUT2D eigenvalue weighted by atomic mass is 9.91. The van der Waals surface area contributed by atoms with E-state index in [1.54, 1.807) is 18.2 Å². The number of hydrogen-bond acceptors (Lipinski definition) is 5. The number of anilines is 1. The zero-order chi connectivity index (χ0) is 35.7. The molecule has 2 N–H and O–H groups in total. The van der Waals surface area contributed by atoms with Gasteiger partial charge in [0.25, 0.3) is 0 Å². The highest BCUT2D eigenvalue weighted by molar-refractivity contribution is 6.01. The summed E-state index contributed by atoms with van der Waals surface area (Å²) in [5, 5.41) is 14.2. The minimum absolute atomic E-state index is 0.0536. The molecule has 52 heavy (non-hydrogen) atoms. The third-order valence-corrected chi connectivity index (χ3v) is 9.66. The maximum atomic E-state index is 12.6. The monoisotopic (exact) mass is 690 g/mol. The normalized spacial score (nSPS) is 15.6. The van der Waals surface area contributed by atoms with Crippen LogP contribution in [0, 0.1) is 0 Å². The van der Waals surface area contributed by atoms with Gasteiger partial charge in [0.2, 0.25) is 5.91 Å². The second kappa shape index (κ2) is 16.4. The number of amides is 1. The number of ether oxygens (including phenoxy) is 2. The number of aromatic carboxylic acids is 1. The Morgan fingerprint density at radius 3 is 1.81 bits per heavy atom. The minimum Gasteiger partial charge on any atom is -0.490 e. The molecule has 0 saturated heterocycles. The number of carboxylic acid groups (broad SMARTS) is 1. The average molecular weight is 691 g/mol. The van der Waals surface area contributed by atoms with E-state index in [4.69, 9.17) is 9.47 Å². The summed E-state index contributed by atoms with van der Waals surface area (Å²) >= 11 is 0. The van der Waals surface area contributed by atoms with Crippen molar-refractivity contribution in [2.24, 2.45) is 0 Å². The molecule has 1 amide bonds. The Bertz CT molecular complexity index is 2070. The number of carboxylic acids is 1. The SMILES string of the molecule is O=C(Cc1ccc(Oc2ccc3cc(OC4CCC(N(Cc5ccccc5)Cc5ccccc5)CC4)ccc3c2)cc1)Nc1ccccc1C(=O)O. The first-order valence-corrected chi connectivity index (χ1v) is 17.9. The zero-order valence-electron chi connectivity index (χ0n) is 29.0. The van der Waals surface area contributed by atoms with Crippen LogP contribution in [-0.2, 0) is 24.3 Å². The number of hydrogen-bond donors (Lipinski definition) is 2. The molecule has 6 aromatic rings. The summed E-state index contributed by atoms with van der Waals surface area (Å²) in [5.74, 6) is 0.875. The molecule has 7 nitrogen and oxygen atoms in total. The quantitative estimate of drug-likeness (QED) is 0.125. The molecule has 7 rings (SSSR count). The Morgan fingerprint density at radius 1 is 0.615 bits per heavy atom. The number of carbonyl (C=O) groups is 2. The van der Waals surface area contributed by atoms with Crippen molar-refractivity contribution in [1.29, 1.82) is 0 Å². The van der Waals surface area contributed by atoms with Crippen LogP contribution in [0.15, 0.2) is 146 Å². The van der Waals surface area contributed by atoms with E-state index in [1.807, 2.05) is 48.5 Å². The van der Waals surface area contributed by atoms with Gasteiger partial charge in [0, 0.05) is 19.1 Å². The average Bonchev–Trinajstić information content (AvgIpc) is 3.17. The molecule has 1 aliphatic rings. The van der Waals surface area contributed by atoms with E-state index in [9.17, 15) is 14.7 Å². The van der Waals surface area contributed by atoms with Gasteiger partial charge >= 0.3 is 5.97 Å². The minimum atomic E-state index is -1.09. The van der Waals surface area contributed by atoms with Gasteiger partial charge in [-0.3, -0.25) is 9.69 Å². The number of fused-ring (bicyclic) bond motifs is 1. The van der Waals surface area contributed by atoms with Crippen LogP contribution in [0.5, 0.6) is 17.2 Å². The zero-order valence-corrected chi connectivity index (χ0v) is 29.0. The van der Waals surface area contributed by atoms with Gasteiger partial charge in [0.05, 0.1) is 23.8 Å². The van der Waals surface area contributed by atoms with E-state index in [0.29, 0.717) is 17.5 Å². The molecule has 1 saturated carbocycles. The van der Waals surface area contributed by atoms with Crippen LogP contribution in [0.25, 0.3) is 10.8 Å². The molecule has 0 radical (unpaired) electrons. The van der Waals surface area contributed by atoms with E-state index >= 15 is 0 Å². The number of carbonyl (C=O) groups excluding carboxylic acids is 1. The molecule has 6 aromatic carbocycles. The molecule has 0 unspecified atom stereocenters. The highest BCUT2D eigenvalue weighted by Gasteiger charge is 2.27. The van der Waals surface area contributed by atoms with Gasteiger partial charge in [-0.2, -0.15) is 0 Å². The first kappa shape index (κ1) is 34.5. The summed E-state index contributed by atoms with van der Waals surface area (Å²) in [6.07, 6.45) is 4.57. The lowest BCUT2D eigenvalue weighted by Gasteiger charge is -2.37. The fourth-order valence-corrected chi connectivity index (χ4v) is 6.98. The van der Waals surface area contributed by atoms with Gasteiger partial charge in [0.15, 0.2) is 0 Å². The third-order valence-electron chi connectivity index (χ3n) is 9.66. The van der Waals surface area contributed by atoms with Crippen LogP contribution in [0.1, 0.15) is 52.7 Å². The standard InChI is InChI=1S/C45H42N2O5/c48-44(46-43-14-8-7-13-42(43)45(49)50)27-32-15-21-38(22-16-32)51-40-23-17-36-29-41(24-18-35(36)28-40)52-39-25-19-37(20-26-39)47(30-33-9-3-1-4-10-33)31-34-11-5-2-6-12-34/h1-18,21-24,28-29,37,39H,19-20,25-27,30-31H2,(H,46,48)(H,49,50). The second-order valence-electron chi connectivity index (χ2n) is 13.4. The van der Waals surface area contributed by atoms with E-state index in [0.717, 1.165) is 60.9 Å². The van der Waals surface area contributed by atoms with Gasteiger partial charge in [-0.1, -0.05) is 97.1 Å². The fraction of sp³-hybridized carbons (Fsp3) is 0.200. The molecule has 0 aliphatic heterocycles. The lowest BCUT2D eigenvalue weighted by Crippen LogP contribution is -2.39. The van der Waals surface area contributed by atoms with Crippen molar-refractivity contribution >= 4 is 28.3 Å². The molecule has 7 heteroatoms. The van der Waals surface area contributed by atoms with Gasteiger partial charge in [-0.05, 0) is 102 Å². The summed E-state index contributed by atoms with van der Waals surface area (Å²) in [6, 6.07) is 48.0. The smallest absolute Gasteiger partial charge is 0.337 e. The van der Waals surface area contributed by atoms with Crippen LogP contribution in [0.4, 0.5) is 5.69 Å². The van der Waals surface area contributed by atoms with Gasteiger partial charge in [-0.25, -0.2) is 4.79 Å². The molecular formula is C45H42N2O5. The summed E-state index contributed by atoms with van der Waals surface area (Å²) in [5.41, 5.74) is 3.81. The number of rotatable bonds is 13. The molecular weight excluding hydrogens is 649 g/mol. The van der Waals surface area contributed by atoms with E-state index in [1.165, 1.54) is 17.2 Å². The summed E-state index contributed by atoms with van der Waals surface area (Å²) in [6.45, 7) is 1.89. The van der Waals surface area contributed by atoms with Crippen LogP contribution >= 0.6 is 0 Å². The molecule has 0 heterocycles. The lowest BCUT2D eigenvalue weighted by molar-refractivity contribution is -0.115. The first-order valence-electron chi connectivity index (χ1n) is 17.9. The van der Waals surface area contributed by atoms with Gasteiger partial charge in [0.1, 0.15) is 17.2 Å². The summed E-state index contributed by atoms with van der Waals surface area (Å²) in [7, 11) is 0. The fourth-order valence-electron chi connectivity index (χ4n) is 6.98. The number of benzene rings is 6. The van der Waals surface area contributed by atoms with Crippen molar-refractivity contribution in [3.63, 3.8) is 0 Å². The van der Waals surface area contributed by atoms with Crippen LogP contribution in [-0.4, -0.2) is 34.0 Å². The van der Waals surface area contributed by atoms with Crippen molar-refractivity contribution in [3.05, 3.63) is 168 Å². The topological polar surface area (TPSA) is 88.1 Å². The molecule has 262 valence electrons. The van der Waals surface area contributed by atoms with Crippen molar-refractivity contribution in [2.75, 3.05) is 5.32 Å². The third kappa shape index (κ3) is 9.05. The maximum Gasteiger partial charge on any atom is 0.337 e. The Hall–Kier alpha value is -5.92. The highest BCUT2D eigenvalue weighted by atomic mass is 16.5. The van der Waals surface area contributed by atoms with E-state index in [-0.39, 0.29) is 29.7 Å². The van der Waals surface area contributed by atoms with Crippen LogP contribution < -0.4 is 14.8 Å². The van der Waals surface area contributed by atoms with Crippen molar-refractivity contribution in [1.82, 2.24) is 4.90 Å². The predicted molar refractivity (Wildman–Crippen MR) is 205 cm³/mol. The highest BCUT2D eigenvalue weighted by Crippen LogP contribution is 2.32. The number of nitrogens with one attached hydrogen (secondary N) is 1. The second-order valence-corrected chi connectivity index (χ2v) is 13.4. The van der Waals surface area contributed by atoms with Crippen molar-refractivity contribution in [3.8, 4) is 17.2 Å². The molecule has 0 aromatic heterocycles. The van der Waals surface area contributed by atoms with Gasteiger partial charge in [-0.15, -0.1) is 0 Å². The molecule has 0 bridgehead atoms. The maximum absolute atomic E-state index is 12.6. The Balaban J connectivity index is 0.920. The van der Waals surface area contributed by atoms with Gasteiger partial charge < -0.3 is 19.9 Å². The summed E-state index contributed by atoms with van der Waals surface area (Å²) < 4.78 is 12.7. The Labute approximate surface area is 304 Å². The number of nitrogens with zero attached hydrogens (tertiary/aromatic N) is 1. The predicted octanol–water partition coefficient (Wildman–Crippen LogP) is 9.90. The van der Waals surface area contributed by atoms with Crippen LogP contribution in [0.3, 0.4) is 0 Å². The molecule has 1 aliphatic carbocycles. The van der Waals surface area contributed by atoms with Crippen molar-refractivity contribution in [2.45, 2.75) is 57.3 Å². The number of para-hydroxylation sites is 1. The van der Waals surface area contributed by atoms with Crippen LogP contribution in [0.2, 0.25) is 0 Å². The first-order chi connectivity index (χ1) is 25.4. The Morgan fingerprint density at radius 2 is 1.17 bits per heavy atom. The largest absolute Gasteiger partial charge is 0.490 e. The van der Waals surface area contributed by atoms with E-state index in [2.05, 4.69) is 83.0 Å².